The number of pyridine rings is 1. The summed E-state index contributed by atoms with van der Waals surface area (Å²) in [6.45, 7) is 2.20. The number of H-pyrrole nitrogens is 1. The van der Waals surface area contributed by atoms with Gasteiger partial charge in [-0.15, -0.1) is 0 Å². The minimum Gasteiger partial charge on any atom is -0.346 e. The van der Waals surface area contributed by atoms with E-state index >= 15 is 0 Å². The zero-order chi connectivity index (χ0) is 9.10. The second-order valence-corrected chi connectivity index (χ2v) is 3.32. The SMILES string of the molecule is CCCCc1ccc2cc[nH]c2n1.[Os]. The summed E-state index contributed by atoms with van der Waals surface area (Å²) in [5.41, 5.74) is 2.20. The Hall–Kier alpha value is -0.674. The van der Waals surface area contributed by atoms with Gasteiger partial charge in [-0.05, 0) is 31.0 Å². The summed E-state index contributed by atoms with van der Waals surface area (Å²) >= 11 is 0. The van der Waals surface area contributed by atoms with Gasteiger partial charge in [-0.1, -0.05) is 13.3 Å². The fraction of sp³-hybridized carbons (Fsp3) is 0.364. The number of aromatic amines is 1. The van der Waals surface area contributed by atoms with E-state index in [9.17, 15) is 0 Å². The molecule has 0 radical (unpaired) electrons. The minimum atomic E-state index is 0. The van der Waals surface area contributed by atoms with Crippen LogP contribution in [0.25, 0.3) is 11.0 Å². The molecule has 14 heavy (non-hydrogen) atoms. The van der Waals surface area contributed by atoms with Gasteiger partial charge < -0.3 is 4.98 Å². The van der Waals surface area contributed by atoms with E-state index in [1.807, 2.05) is 12.3 Å². The Morgan fingerprint density at radius 2 is 2.14 bits per heavy atom. The molecule has 0 aliphatic rings. The average molecular weight is 364 g/mol. The second-order valence-electron chi connectivity index (χ2n) is 3.32. The zero-order valence-corrected chi connectivity index (χ0v) is 10.8. The molecule has 2 rings (SSSR count). The van der Waals surface area contributed by atoms with Gasteiger partial charge in [-0.2, -0.15) is 0 Å². The first kappa shape index (κ1) is 11.4. The third-order valence-electron chi connectivity index (χ3n) is 2.25. The summed E-state index contributed by atoms with van der Waals surface area (Å²) in [5, 5.41) is 1.19. The van der Waals surface area contributed by atoms with Gasteiger partial charge in [0.25, 0.3) is 0 Å². The van der Waals surface area contributed by atoms with Crippen molar-refractivity contribution in [1.29, 1.82) is 0 Å². The van der Waals surface area contributed by atoms with Crippen molar-refractivity contribution in [3.8, 4) is 0 Å². The van der Waals surface area contributed by atoms with Crippen molar-refractivity contribution in [3.05, 3.63) is 30.1 Å². The van der Waals surface area contributed by atoms with Crippen molar-refractivity contribution >= 4 is 11.0 Å². The molecule has 0 saturated heterocycles. The van der Waals surface area contributed by atoms with Crippen molar-refractivity contribution in [3.63, 3.8) is 0 Å². The van der Waals surface area contributed by atoms with Crippen LogP contribution in [0.4, 0.5) is 0 Å². The first-order valence-electron chi connectivity index (χ1n) is 4.83. The fourth-order valence-corrected chi connectivity index (χ4v) is 1.47. The van der Waals surface area contributed by atoms with Crippen LogP contribution >= 0.6 is 0 Å². The number of unbranched alkanes of at least 4 members (excludes halogenated alkanes) is 1. The number of nitrogens with one attached hydrogen (secondary N) is 1. The van der Waals surface area contributed by atoms with Crippen LogP contribution in [0.1, 0.15) is 25.5 Å². The van der Waals surface area contributed by atoms with Crippen molar-refractivity contribution in [2.75, 3.05) is 0 Å². The maximum Gasteiger partial charge on any atom is 0.137 e. The zero-order valence-electron chi connectivity index (χ0n) is 8.23. The van der Waals surface area contributed by atoms with E-state index in [-0.39, 0.29) is 19.8 Å². The Morgan fingerprint density at radius 1 is 1.29 bits per heavy atom. The molecule has 0 bridgehead atoms. The maximum absolute atomic E-state index is 4.52. The summed E-state index contributed by atoms with van der Waals surface area (Å²) in [6.07, 6.45) is 5.47. The molecule has 2 heterocycles. The van der Waals surface area contributed by atoms with Gasteiger partial charge in [0.15, 0.2) is 0 Å². The Balaban J connectivity index is 0.000000980. The topological polar surface area (TPSA) is 28.7 Å². The first-order chi connectivity index (χ1) is 6.40. The van der Waals surface area contributed by atoms with Crippen LogP contribution in [-0.2, 0) is 26.2 Å². The predicted molar refractivity (Wildman–Crippen MR) is 54.7 cm³/mol. The van der Waals surface area contributed by atoms with Gasteiger partial charge in [0, 0.05) is 37.1 Å². The molecule has 0 atom stereocenters. The molecule has 3 heteroatoms. The third kappa shape index (κ3) is 2.42. The molecule has 0 aromatic carbocycles. The number of fused-ring (bicyclic) bond motifs is 1. The molecule has 0 amide bonds. The molecule has 2 nitrogen and oxygen atoms in total. The van der Waals surface area contributed by atoms with Gasteiger partial charge in [-0.25, -0.2) is 4.98 Å². The standard InChI is InChI=1S/C11H14N2.Os/c1-2-3-4-10-6-5-9-7-8-12-11(9)13-10;/h5-8H,2-4H2,1H3,(H,12,13);. The van der Waals surface area contributed by atoms with Crippen molar-refractivity contribution in [2.45, 2.75) is 26.2 Å². The summed E-state index contributed by atoms with van der Waals surface area (Å²) < 4.78 is 0. The number of hydrogen-bond acceptors (Lipinski definition) is 1. The number of aromatic nitrogens is 2. The van der Waals surface area contributed by atoms with Gasteiger partial charge in [0.2, 0.25) is 0 Å². The first-order valence-corrected chi connectivity index (χ1v) is 4.83. The summed E-state index contributed by atoms with van der Waals surface area (Å²) in [4.78, 5) is 7.64. The molecule has 2 aromatic heterocycles. The van der Waals surface area contributed by atoms with E-state index in [1.54, 1.807) is 0 Å². The maximum atomic E-state index is 4.52. The van der Waals surface area contributed by atoms with Gasteiger partial charge in [0.1, 0.15) is 5.65 Å². The van der Waals surface area contributed by atoms with Crippen LogP contribution in [0.15, 0.2) is 24.4 Å². The van der Waals surface area contributed by atoms with Crippen LogP contribution in [0.2, 0.25) is 0 Å². The quantitative estimate of drug-likeness (QED) is 0.891. The largest absolute Gasteiger partial charge is 0.346 e. The van der Waals surface area contributed by atoms with Crippen molar-refractivity contribution in [1.82, 2.24) is 9.97 Å². The molecule has 2 aromatic rings. The molecule has 76 valence electrons. The summed E-state index contributed by atoms with van der Waals surface area (Å²) in [6, 6.07) is 6.29. The summed E-state index contributed by atoms with van der Waals surface area (Å²) in [5.74, 6) is 0. The average Bonchev–Trinajstić information content (AvgIpc) is 2.61. The van der Waals surface area contributed by atoms with Gasteiger partial charge >= 0.3 is 0 Å². The van der Waals surface area contributed by atoms with Crippen LogP contribution < -0.4 is 0 Å². The van der Waals surface area contributed by atoms with Crippen LogP contribution in [0, 0.1) is 0 Å². The summed E-state index contributed by atoms with van der Waals surface area (Å²) in [7, 11) is 0. The monoisotopic (exact) mass is 366 g/mol. The molecule has 1 N–H and O–H groups in total. The smallest absolute Gasteiger partial charge is 0.137 e. The number of nitrogens with zero attached hydrogens (tertiary/aromatic N) is 1. The third-order valence-corrected chi connectivity index (χ3v) is 2.25. The Bertz CT molecular complexity index is 395. The van der Waals surface area contributed by atoms with E-state index in [0.29, 0.717) is 0 Å². The van der Waals surface area contributed by atoms with Crippen molar-refractivity contribution < 1.29 is 19.8 Å². The Labute approximate surface area is 97.2 Å². The van der Waals surface area contributed by atoms with E-state index < -0.39 is 0 Å². The normalized spacial score (nSPS) is 10.1. The minimum absolute atomic E-state index is 0. The van der Waals surface area contributed by atoms with Crippen molar-refractivity contribution in [2.24, 2.45) is 0 Å². The van der Waals surface area contributed by atoms with Gasteiger partial charge in [0.05, 0.1) is 0 Å². The molecule has 0 saturated carbocycles. The molecular weight excluding hydrogens is 350 g/mol. The fourth-order valence-electron chi connectivity index (χ4n) is 1.47. The van der Waals surface area contributed by atoms with E-state index in [2.05, 4.69) is 29.0 Å². The molecule has 0 aliphatic heterocycles. The van der Waals surface area contributed by atoms with Gasteiger partial charge in [-0.3, -0.25) is 0 Å². The molecule has 0 spiro atoms. The van der Waals surface area contributed by atoms with E-state index in [1.165, 1.54) is 23.9 Å². The molecular formula is C11H14N2Os. The molecule has 0 aliphatic carbocycles. The number of hydrogen-bond donors (Lipinski definition) is 1. The van der Waals surface area contributed by atoms with Crippen LogP contribution in [-0.4, -0.2) is 9.97 Å². The number of rotatable bonds is 3. The Morgan fingerprint density at radius 3 is 2.93 bits per heavy atom. The molecule has 0 fully saturated rings. The van der Waals surface area contributed by atoms with E-state index in [4.69, 9.17) is 0 Å². The van der Waals surface area contributed by atoms with Crippen LogP contribution in [0.5, 0.6) is 0 Å². The second kappa shape index (κ2) is 5.27. The Kier molecular flexibility index (Phi) is 4.29. The van der Waals surface area contributed by atoms with Crippen LogP contribution in [0.3, 0.4) is 0 Å². The van der Waals surface area contributed by atoms with E-state index in [0.717, 1.165) is 12.1 Å². The number of aryl methyl sites for hydroxylation is 1. The molecule has 0 unspecified atom stereocenters. The predicted octanol–water partition coefficient (Wildman–Crippen LogP) is 2.90.